The van der Waals surface area contributed by atoms with Crippen LogP contribution in [-0.2, 0) is 0 Å². The van der Waals surface area contributed by atoms with Gasteiger partial charge in [-0.25, -0.2) is 0 Å². The highest BCUT2D eigenvalue weighted by atomic mass is 16.2. The van der Waals surface area contributed by atoms with Crippen LogP contribution in [0.5, 0.6) is 0 Å². The molecule has 0 aliphatic heterocycles. The molecule has 1 aromatic heterocycles. The van der Waals surface area contributed by atoms with Crippen LogP contribution in [0.3, 0.4) is 0 Å². The topological polar surface area (TPSA) is 88.0 Å². The molecule has 1 saturated carbocycles. The van der Waals surface area contributed by atoms with Gasteiger partial charge in [-0.3, -0.25) is 9.59 Å². The maximum Gasteiger partial charge on any atom is 0.257 e. The van der Waals surface area contributed by atoms with Crippen LogP contribution < -0.4 is 16.5 Å². The van der Waals surface area contributed by atoms with E-state index in [1.54, 1.807) is 0 Å². The molecule has 2 rings (SSSR count). The number of nitrogens with two attached hydrogens (primary N) is 1. The number of pyridine rings is 1. The van der Waals surface area contributed by atoms with E-state index >= 15 is 0 Å². The van der Waals surface area contributed by atoms with Gasteiger partial charge in [0.1, 0.15) is 5.56 Å². The normalized spacial score (nSPS) is 24.3. The zero-order chi connectivity index (χ0) is 12.3. The lowest BCUT2D eigenvalue weighted by molar-refractivity contribution is 0.0920. The molecule has 1 heterocycles. The first-order valence-electron chi connectivity index (χ1n) is 5.92. The van der Waals surface area contributed by atoms with E-state index in [2.05, 4.69) is 10.3 Å². The van der Waals surface area contributed by atoms with Crippen molar-refractivity contribution in [1.29, 1.82) is 0 Å². The largest absolute Gasteiger partial charge is 0.367 e. The van der Waals surface area contributed by atoms with Crippen LogP contribution in [-0.4, -0.2) is 23.0 Å². The number of carbonyl (C=O) groups excluding carboxylic acids is 1. The van der Waals surface area contributed by atoms with Crippen molar-refractivity contribution in [2.75, 3.05) is 0 Å². The maximum atomic E-state index is 11.9. The summed E-state index contributed by atoms with van der Waals surface area (Å²) in [7, 11) is 0. The molecule has 1 aliphatic carbocycles. The number of rotatable bonds is 2. The van der Waals surface area contributed by atoms with Crippen LogP contribution in [0, 0.1) is 0 Å². The number of carbonyl (C=O) groups is 1. The second kappa shape index (κ2) is 5.14. The zero-order valence-corrected chi connectivity index (χ0v) is 9.61. The van der Waals surface area contributed by atoms with Crippen molar-refractivity contribution in [3.63, 3.8) is 0 Å². The van der Waals surface area contributed by atoms with Crippen molar-refractivity contribution in [3.8, 4) is 0 Å². The van der Waals surface area contributed by atoms with Crippen LogP contribution >= 0.6 is 0 Å². The average Bonchev–Trinajstić information content (AvgIpc) is 2.32. The molecule has 0 spiro atoms. The molecule has 0 saturated heterocycles. The van der Waals surface area contributed by atoms with Crippen LogP contribution in [0.25, 0.3) is 0 Å². The SMILES string of the molecule is NC1CCCCC1NC(=O)c1c[nH]ccc1=O. The highest BCUT2D eigenvalue weighted by Crippen LogP contribution is 2.16. The molecule has 2 atom stereocenters. The Kier molecular flexibility index (Phi) is 3.58. The Hall–Kier alpha value is -1.62. The number of hydrogen-bond donors (Lipinski definition) is 3. The number of hydrogen-bond acceptors (Lipinski definition) is 3. The molecule has 5 nitrogen and oxygen atoms in total. The number of aromatic nitrogens is 1. The summed E-state index contributed by atoms with van der Waals surface area (Å²) in [6.07, 6.45) is 6.93. The number of nitrogens with one attached hydrogen (secondary N) is 2. The molecule has 92 valence electrons. The molecule has 2 unspecified atom stereocenters. The smallest absolute Gasteiger partial charge is 0.257 e. The van der Waals surface area contributed by atoms with E-state index in [4.69, 9.17) is 5.73 Å². The van der Waals surface area contributed by atoms with Gasteiger partial charge in [0, 0.05) is 30.5 Å². The molecule has 5 heteroatoms. The number of aromatic amines is 1. The fourth-order valence-corrected chi connectivity index (χ4v) is 2.18. The highest BCUT2D eigenvalue weighted by Gasteiger charge is 2.24. The minimum Gasteiger partial charge on any atom is -0.367 e. The lowest BCUT2D eigenvalue weighted by Gasteiger charge is -2.29. The van der Waals surface area contributed by atoms with Crippen molar-refractivity contribution in [2.45, 2.75) is 37.8 Å². The van der Waals surface area contributed by atoms with Crippen molar-refractivity contribution in [1.82, 2.24) is 10.3 Å². The van der Waals surface area contributed by atoms with Crippen molar-refractivity contribution < 1.29 is 4.79 Å². The predicted molar refractivity (Wildman–Crippen MR) is 64.8 cm³/mol. The molecular formula is C12H17N3O2. The van der Waals surface area contributed by atoms with Crippen LogP contribution in [0.2, 0.25) is 0 Å². The van der Waals surface area contributed by atoms with E-state index in [1.807, 2.05) is 0 Å². The van der Waals surface area contributed by atoms with Crippen LogP contribution in [0.4, 0.5) is 0 Å². The lowest BCUT2D eigenvalue weighted by Crippen LogP contribution is -2.49. The van der Waals surface area contributed by atoms with Crippen molar-refractivity contribution in [2.24, 2.45) is 5.73 Å². The monoisotopic (exact) mass is 235 g/mol. The fraction of sp³-hybridized carbons (Fsp3) is 0.500. The summed E-state index contributed by atoms with van der Waals surface area (Å²) in [5, 5.41) is 2.84. The molecule has 0 aromatic carbocycles. The van der Waals surface area contributed by atoms with Gasteiger partial charge >= 0.3 is 0 Å². The predicted octanol–water partition coefficient (Wildman–Crippen LogP) is 0.375. The quantitative estimate of drug-likeness (QED) is 0.692. The summed E-state index contributed by atoms with van der Waals surface area (Å²) in [5.74, 6) is -0.339. The van der Waals surface area contributed by atoms with Gasteiger partial charge in [0.05, 0.1) is 0 Å². The first-order chi connectivity index (χ1) is 8.18. The summed E-state index contributed by atoms with van der Waals surface area (Å²) >= 11 is 0. The minimum absolute atomic E-state index is 0.00417. The van der Waals surface area contributed by atoms with E-state index in [0.717, 1.165) is 25.7 Å². The van der Waals surface area contributed by atoms with Gasteiger partial charge in [-0.15, -0.1) is 0 Å². The molecule has 17 heavy (non-hydrogen) atoms. The molecule has 1 amide bonds. The van der Waals surface area contributed by atoms with Gasteiger partial charge in [-0.1, -0.05) is 12.8 Å². The molecule has 1 fully saturated rings. The van der Waals surface area contributed by atoms with Crippen LogP contribution in [0.15, 0.2) is 23.3 Å². The Morgan fingerprint density at radius 3 is 2.88 bits per heavy atom. The molecule has 0 radical (unpaired) electrons. The van der Waals surface area contributed by atoms with Gasteiger partial charge in [-0.05, 0) is 12.8 Å². The van der Waals surface area contributed by atoms with E-state index in [0.29, 0.717) is 0 Å². The van der Waals surface area contributed by atoms with Gasteiger partial charge in [0.2, 0.25) is 0 Å². The molecule has 1 aromatic rings. The lowest BCUT2D eigenvalue weighted by atomic mass is 9.91. The van der Waals surface area contributed by atoms with Crippen molar-refractivity contribution in [3.05, 3.63) is 34.2 Å². The first kappa shape index (κ1) is 11.9. The van der Waals surface area contributed by atoms with Gasteiger partial charge in [-0.2, -0.15) is 0 Å². The molecule has 1 aliphatic rings. The third kappa shape index (κ3) is 2.74. The third-order valence-electron chi connectivity index (χ3n) is 3.20. The number of amides is 1. The minimum atomic E-state index is -0.339. The third-order valence-corrected chi connectivity index (χ3v) is 3.20. The van der Waals surface area contributed by atoms with Gasteiger partial charge in [0.25, 0.3) is 5.91 Å². The summed E-state index contributed by atoms with van der Waals surface area (Å²) in [5.41, 5.74) is 5.81. The Morgan fingerprint density at radius 1 is 1.41 bits per heavy atom. The average molecular weight is 235 g/mol. The fourth-order valence-electron chi connectivity index (χ4n) is 2.18. The summed E-state index contributed by atoms with van der Waals surface area (Å²) in [6, 6.07) is 1.32. The maximum absolute atomic E-state index is 11.9. The van der Waals surface area contributed by atoms with E-state index in [9.17, 15) is 9.59 Å². The summed E-state index contributed by atoms with van der Waals surface area (Å²) in [4.78, 5) is 26.1. The van der Waals surface area contributed by atoms with E-state index in [-0.39, 0.29) is 29.0 Å². The first-order valence-corrected chi connectivity index (χ1v) is 5.92. The Balaban J connectivity index is 2.06. The Labute approximate surface area is 99.4 Å². The van der Waals surface area contributed by atoms with Gasteiger partial charge in [0.15, 0.2) is 5.43 Å². The second-order valence-corrected chi connectivity index (χ2v) is 4.45. The molecule has 4 N–H and O–H groups in total. The molecule has 0 bridgehead atoms. The summed E-state index contributed by atoms with van der Waals surface area (Å²) in [6.45, 7) is 0. The number of H-pyrrole nitrogens is 1. The zero-order valence-electron chi connectivity index (χ0n) is 9.61. The Bertz CT molecular complexity index is 455. The second-order valence-electron chi connectivity index (χ2n) is 4.45. The van der Waals surface area contributed by atoms with Gasteiger partial charge < -0.3 is 16.0 Å². The van der Waals surface area contributed by atoms with Crippen molar-refractivity contribution >= 4 is 5.91 Å². The van der Waals surface area contributed by atoms with E-state index in [1.165, 1.54) is 18.5 Å². The molecular weight excluding hydrogens is 218 g/mol. The van der Waals surface area contributed by atoms with Crippen LogP contribution in [0.1, 0.15) is 36.0 Å². The Morgan fingerprint density at radius 2 is 2.18 bits per heavy atom. The summed E-state index contributed by atoms with van der Waals surface area (Å²) < 4.78 is 0. The highest BCUT2D eigenvalue weighted by molar-refractivity contribution is 5.93. The standard InChI is InChI=1S/C12H17N3O2/c13-9-3-1-2-4-10(9)15-12(17)8-7-14-6-5-11(8)16/h5-7,9-10H,1-4,13H2,(H,14,16)(H,15,17). The van der Waals surface area contributed by atoms with E-state index < -0.39 is 0 Å².